The minimum atomic E-state index is -0.530. The van der Waals surface area contributed by atoms with Gasteiger partial charge in [-0.25, -0.2) is 0 Å². The molecule has 0 unspecified atom stereocenters. The zero-order valence-electron chi connectivity index (χ0n) is 9.63. The van der Waals surface area contributed by atoms with Gasteiger partial charge in [-0.3, -0.25) is 0 Å². The molecule has 1 aromatic rings. The molecular weight excluding hydrogens is 254 g/mol. The van der Waals surface area contributed by atoms with Crippen LogP contribution in [0, 0.1) is 0 Å². The van der Waals surface area contributed by atoms with Crippen molar-refractivity contribution in [3.63, 3.8) is 0 Å². The van der Waals surface area contributed by atoms with Crippen molar-refractivity contribution in [3.8, 4) is 5.75 Å². The van der Waals surface area contributed by atoms with Crippen molar-refractivity contribution in [1.82, 2.24) is 0 Å². The second kappa shape index (κ2) is 4.14. The summed E-state index contributed by atoms with van der Waals surface area (Å²) in [5.74, 6) is 0.662. The number of rotatable bonds is 2. The second-order valence-corrected chi connectivity index (χ2v) is 5.63. The molecule has 15 heavy (non-hydrogen) atoms. The maximum absolute atomic E-state index is 9.91. The van der Waals surface area contributed by atoms with Gasteiger partial charge < -0.3 is 10.8 Å². The van der Waals surface area contributed by atoms with Crippen molar-refractivity contribution >= 4 is 15.9 Å². The van der Waals surface area contributed by atoms with E-state index in [1.165, 1.54) is 5.56 Å². The lowest BCUT2D eigenvalue weighted by atomic mass is 9.90. The maximum atomic E-state index is 9.91. The lowest BCUT2D eigenvalue weighted by molar-refractivity contribution is 0.436. The van der Waals surface area contributed by atoms with Gasteiger partial charge in [0, 0.05) is 11.1 Å². The van der Waals surface area contributed by atoms with Gasteiger partial charge in [0.1, 0.15) is 5.75 Å². The molecule has 0 saturated heterocycles. The van der Waals surface area contributed by atoms with Crippen LogP contribution in [0.5, 0.6) is 5.75 Å². The second-order valence-electron chi connectivity index (χ2n) is 4.78. The van der Waals surface area contributed by atoms with Crippen LogP contribution < -0.4 is 5.73 Å². The Labute approximate surface area is 99.6 Å². The van der Waals surface area contributed by atoms with Gasteiger partial charge >= 0.3 is 0 Å². The number of hydrogen-bond donors (Lipinski definition) is 2. The number of halogens is 1. The van der Waals surface area contributed by atoms with Gasteiger partial charge in [-0.2, -0.15) is 0 Å². The molecule has 84 valence electrons. The van der Waals surface area contributed by atoms with E-state index in [-0.39, 0.29) is 5.75 Å². The summed E-state index contributed by atoms with van der Waals surface area (Å²) in [5.41, 5.74) is 7.44. The fraction of sp³-hybridized carbons (Fsp3) is 0.500. The van der Waals surface area contributed by atoms with Gasteiger partial charge in [-0.1, -0.05) is 13.8 Å². The molecule has 0 atom stereocenters. The first-order valence-corrected chi connectivity index (χ1v) is 5.84. The highest BCUT2D eigenvalue weighted by Gasteiger charge is 2.21. The van der Waals surface area contributed by atoms with Gasteiger partial charge in [0.2, 0.25) is 0 Å². The third-order valence-corrected chi connectivity index (χ3v) is 3.05. The fourth-order valence-corrected chi connectivity index (χ4v) is 1.92. The molecule has 0 fully saturated rings. The van der Waals surface area contributed by atoms with Crippen molar-refractivity contribution in [2.75, 3.05) is 0 Å². The summed E-state index contributed by atoms with van der Waals surface area (Å²) < 4.78 is 0.710. The van der Waals surface area contributed by atoms with Crippen molar-refractivity contribution in [1.29, 1.82) is 0 Å². The molecule has 0 aliphatic carbocycles. The molecule has 0 heterocycles. The summed E-state index contributed by atoms with van der Waals surface area (Å²) in [7, 11) is 0. The third-order valence-electron chi connectivity index (χ3n) is 2.45. The Bertz CT molecular complexity index is 367. The Kier molecular flexibility index (Phi) is 3.46. The first-order chi connectivity index (χ1) is 6.73. The predicted octanol–water partition coefficient (Wildman–Crippen LogP) is 3.47. The van der Waals surface area contributed by atoms with Crippen LogP contribution in [-0.2, 0) is 5.54 Å². The standard InChI is InChI=1S/C12H18BrNO/c1-7(2)8-5-9(12(3,4)14)11(15)10(13)6-8/h5-7,15H,14H2,1-4H3. The average molecular weight is 272 g/mol. The number of phenolic OH excluding ortho intramolecular Hbond substituents is 1. The Balaban J connectivity index is 3.38. The van der Waals surface area contributed by atoms with Gasteiger partial charge in [0.15, 0.2) is 0 Å². The number of aromatic hydroxyl groups is 1. The maximum Gasteiger partial charge on any atom is 0.134 e. The smallest absolute Gasteiger partial charge is 0.134 e. The minimum absolute atomic E-state index is 0.243. The molecule has 3 N–H and O–H groups in total. The first-order valence-electron chi connectivity index (χ1n) is 5.05. The Morgan fingerprint density at radius 2 is 1.87 bits per heavy atom. The third kappa shape index (κ3) is 2.73. The molecule has 1 rings (SSSR count). The highest BCUT2D eigenvalue weighted by molar-refractivity contribution is 9.10. The van der Waals surface area contributed by atoms with E-state index in [2.05, 4.69) is 29.8 Å². The lowest BCUT2D eigenvalue weighted by Crippen LogP contribution is -2.29. The molecule has 0 amide bonds. The molecule has 0 bridgehead atoms. The summed E-state index contributed by atoms with van der Waals surface area (Å²) in [4.78, 5) is 0. The van der Waals surface area contributed by atoms with Crippen LogP contribution in [0.4, 0.5) is 0 Å². The molecule has 1 aromatic carbocycles. The zero-order valence-corrected chi connectivity index (χ0v) is 11.2. The minimum Gasteiger partial charge on any atom is -0.506 e. The first kappa shape index (κ1) is 12.5. The van der Waals surface area contributed by atoms with Crippen molar-refractivity contribution < 1.29 is 5.11 Å². The van der Waals surface area contributed by atoms with Gasteiger partial charge in [-0.15, -0.1) is 0 Å². The molecule has 0 radical (unpaired) electrons. The van der Waals surface area contributed by atoms with Gasteiger partial charge in [0.05, 0.1) is 4.47 Å². The Hall–Kier alpha value is -0.540. The van der Waals surface area contributed by atoms with E-state index in [4.69, 9.17) is 5.73 Å². The normalized spacial score (nSPS) is 12.2. The van der Waals surface area contributed by atoms with Crippen molar-refractivity contribution in [2.24, 2.45) is 5.73 Å². The van der Waals surface area contributed by atoms with E-state index >= 15 is 0 Å². The van der Waals surface area contributed by atoms with Crippen molar-refractivity contribution in [3.05, 3.63) is 27.7 Å². The van der Waals surface area contributed by atoms with Crippen LogP contribution in [0.2, 0.25) is 0 Å². The topological polar surface area (TPSA) is 46.2 Å². The van der Waals surface area contributed by atoms with E-state index in [1.807, 2.05) is 26.0 Å². The van der Waals surface area contributed by atoms with E-state index in [0.29, 0.717) is 10.4 Å². The SMILES string of the molecule is CC(C)c1cc(Br)c(O)c(C(C)(C)N)c1. The number of nitrogens with two attached hydrogens (primary N) is 1. The largest absolute Gasteiger partial charge is 0.506 e. The molecule has 0 aliphatic rings. The summed E-state index contributed by atoms with van der Waals surface area (Å²) in [5, 5.41) is 9.91. The molecule has 0 saturated carbocycles. The Morgan fingerprint density at radius 1 is 1.33 bits per heavy atom. The van der Waals surface area contributed by atoms with E-state index < -0.39 is 5.54 Å². The van der Waals surface area contributed by atoms with Crippen LogP contribution in [0.15, 0.2) is 16.6 Å². The van der Waals surface area contributed by atoms with Gasteiger partial charge in [0.25, 0.3) is 0 Å². The molecular formula is C12H18BrNO. The zero-order chi connectivity index (χ0) is 11.8. The number of benzene rings is 1. The van der Waals surface area contributed by atoms with E-state index in [1.54, 1.807) is 0 Å². The Morgan fingerprint density at radius 3 is 2.27 bits per heavy atom. The highest BCUT2D eigenvalue weighted by Crippen LogP contribution is 2.36. The molecule has 0 aromatic heterocycles. The summed E-state index contributed by atoms with van der Waals surface area (Å²) in [6.07, 6.45) is 0. The van der Waals surface area contributed by atoms with Crippen LogP contribution >= 0.6 is 15.9 Å². The summed E-state index contributed by atoms with van der Waals surface area (Å²) >= 11 is 3.35. The van der Waals surface area contributed by atoms with Crippen LogP contribution in [0.25, 0.3) is 0 Å². The highest BCUT2D eigenvalue weighted by atomic mass is 79.9. The van der Waals surface area contributed by atoms with Crippen LogP contribution in [0.1, 0.15) is 44.7 Å². The van der Waals surface area contributed by atoms with Crippen molar-refractivity contribution in [2.45, 2.75) is 39.2 Å². The lowest BCUT2D eigenvalue weighted by Gasteiger charge is -2.23. The molecule has 2 nitrogen and oxygen atoms in total. The van der Waals surface area contributed by atoms with Crippen LogP contribution in [-0.4, -0.2) is 5.11 Å². The van der Waals surface area contributed by atoms with Crippen LogP contribution in [0.3, 0.4) is 0 Å². The molecule has 0 spiro atoms. The van der Waals surface area contributed by atoms with Gasteiger partial charge in [-0.05, 0) is 53.4 Å². The summed E-state index contributed by atoms with van der Waals surface area (Å²) in [6.45, 7) is 8.01. The number of phenols is 1. The number of hydrogen-bond acceptors (Lipinski definition) is 2. The quantitative estimate of drug-likeness (QED) is 0.865. The fourth-order valence-electron chi connectivity index (χ4n) is 1.44. The summed E-state index contributed by atoms with van der Waals surface area (Å²) in [6, 6.07) is 3.92. The van der Waals surface area contributed by atoms with E-state index in [9.17, 15) is 5.11 Å². The average Bonchev–Trinajstić information content (AvgIpc) is 2.06. The molecule has 3 heteroatoms. The predicted molar refractivity (Wildman–Crippen MR) is 67.1 cm³/mol. The molecule has 0 aliphatic heterocycles. The van der Waals surface area contributed by atoms with E-state index in [0.717, 1.165) is 5.56 Å². The monoisotopic (exact) mass is 271 g/mol.